The number of benzene rings is 1. The highest BCUT2D eigenvalue weighted by atomic mass is 16.5. The Hall–Kier alpha value is -2.40. The minimum atomic E-state index is 0.0719. The third kappa shape index (κ3) is 4.32. The summed E-state index contributed by atoms with van der Waals surface area (Å²) in [6, 6.07) is 11.6. The van der Waals surface area contributed by atoms with Gasteiger partial charge in [0.1, 0.15) is 5.75 Å². The predicted molar refractivity (Wildman–Crippen MR) is 94.4 cm³/mol. The van der Waals surface area contributed by atoms with Crippen LogP contribution in [0.1, 0.15) is 25.3 Å². The fourth-order valence-corrected chi connectivity index (χ4v) is 2.79. The number of carbonyl (C=O) groups is 1. The van der Waals surface area contributed by atoms with Crippen molar-refractivity contribution >= 4 is 11.6 Å². The summed E-state index contributed by atoms with van der Waals surface area (Å²) in [6.07, 6.45) is 4.37. The van der Waals surface area contributed by atoms with Gasteiger partial charge >= 0.3 is 0 Å². The Morgan fingerprint density at radius 2 is 2.12 bits per heavy atom. The van der Waals surface area contributed by atoms with Crippen molar-refractivity contribution in [1.29, 1.82) is 0 Å². The Labute approximate surface area is 142 Å². The zero-order chi connectivity index (χ0) is 16.8. The third-order valence-corrected chi connectivity index (χ3v) is 4.24. The SMILES string of the molecule is CCc1cccc(Oc2ccc(NC(=O)C3CCNCC3)cn2)c1. The standard InChI is InChI=1S/C19H23N3O2/c1-2-14-4-3-5-17(12-14)24-18-7-6-16(13-21-18)22-19(23)15-8-10-20-11-9-15/h3-7,12-13,15,20H,2,8-11H2,1H3,(H,22,23). The summed E-state index contributed by atoms with van der Waals surface area (Å²) in [5.74, 6) is 1.44. The van der Waals surface area contributed by atoms with Crippen molar-refractivity contribution in [3.8, 4) is 11.6 Å². The second kappa shape index (κ2) is 7.93. The minimum Gasteiger partial charge on any atom is -0.439 e. The summed E-state index contributed by atoms with van der Waals surface area (Å²) in [4.78, 5) is 16.5. The molecule has 126 valence electrons. The Kier molecular flexibility index (Phi) is 5.43. The van der Waals surface area contributed by atoms with Gasteiger partial charge in [0.05, 0.1) is 11.9 Å². The van der Waals surface area contributed by atoms with E-state index in [-0.39, 0.29) is 11.8 Å². The maximum Gasteiger partial charge on any atom is 0.227 e. The van der Waals surface area contributed by atoms with Crippen LogP contribution in [0.5, 0.6) is 11.6 Å². The fourth-order valence-electron chi connectivity index (χ4n) is 2.79. The lowest BCUT2D eigenvalue weighted by molar-refractivity contribution is -0.120. The first kappa shape index (κ1) is 16.5. The van der Waals surface area contributed by atoms with Crippen molar-refractivity contribution in [2.24, 2.45) is 5.92 Å². The van der Waals surface area contributed by atoms with Gasteiger partial charge in [0.25, 0.3) is 0 Å². The van der Waals surface area contributed by atoms with E-state index in [0.717, 1.165) is 38.1 Å². The number of nitrogens with one attached hydrogen (secondary N) is 2. The first-order valence-electron chi connectivity index (χ1n) is 8.49. The van der Waals surface area contributed by atoms with E-state index >= 15 is 0 Å². The van der Waals surface area contributed by atoms with Gasteiger partial charge in [-0.25, -0.2) is 4.98 Å². The van der Waals surface area contributed by atoms with E-state index in [2.05, 4.69) is 28.6 Å². The molecule has 1 saturated heterocycles. The van der Waals surface area contributed by atoms with Gasteiger partial charge in [0.15, 0.2) is 0 Å². The zero-order valence-electron chi connectivity index (χ0n) is 13.9. The molecule has 0 bridgehead atoms. The van der Waals surface area contributed by atoms with E-state index in [1.165, 1.54) is 5.56 Å². The predicted octanol–water partition coefficient (Wildman–Crippen LogP) is 3.37. The molecule has 1 aromatic heterocycles. The van der Waals surface area contributed by atoms with Crippen LogP contribution in [0.3, 0.4) is 0 Å². The van der Waals surface area contributed by atoms with Gasteiger partial charge in [-0.15, -0.1) is 0 Å². The number of hydrogen-bond acceptors (Lipinski definition) is 4. The van der Waals surface area contributed by atoms with E-state index in [9.17, 15) is 4.79 Å². The second-order valence-corrected chi connectivity index (χ2v) is 6.00. The van der Waals surface area contributed by atoms with E-state index in [1.54, 1.807) is 12.3 Å². The summed E-state index contributed by atoms with van der Waals surface area (Å²) in [6.45, 7) is 3.91. The van der Waals surface area contributed by atoms with Crippen molar-refractivity contribution in [3.05, 3.63) is 48.2 Å². The molecule has 0 atom stereocenters. The molecule has 0 unspecified atom stereocenters. The maximum absolute atomic E-state index is 12.2. The second-order valence-electron chi connectivity index (χ2n) is 6.00. The van der Waals surface area contributed by atoms with Gasteiger partial charge in [0, 0.05) is 12.0 Å². The Bertz CT molecular complexity index is 679. The summed E-state index contributed by atoms with van der Waals surface area (Å²) >= 11 is 0. The summed E-state index contributed by atoms with van der Waals surface area (Å²) < 4.78 is 5.77. The lowest BCUT2D eigenvalue weighted by Gasteiger charge is -2.21. The van der Waals surface area contributed by atoms with E-state index in [0.29, 0.717) is 11.6 Å². The lowest BCUT2D eigenvalue weighted by atomic mass is 9.97. The van der Waals surface area contributed by atoms with Crippen LogP contribution in [0.4, 0.5) is 5.69 Å². The highest BCUT2D eigenvalue weighted by molar-refractivity contribution is 5.92. The third-order valence-electron chi connectivity index (χ3n) is 4.24. The molecule has 2 aromatic rings. The number of hydrogen-bond donors (Lipinski definition) is 2. The van der Waals surface area contributed by atoms with Crippen LogP contribution in [0.25, 0.3) is 0 Å². The highest BCUT2D eigenvalue weighted by Gasteiger charge is 2.20. The number of anilines is 1. The number of carbonyl (C=O) groups excluding carboxylic acids is 1. The van der Waals surface area contributed by atoms with Gasteiger partial charge in [-0.05, 0) is 56.1 Å². The molecule has 5 heteroatoms. The molecule has 3 rings (SSSR count). The number of aromatic nitrogens is 1. The average Bonchev–Trinajstić information content (AvgIpc) is 2.64. The van der Waals surface area contributed by atoms with Gasteiger partial charge in [-0.3, -0.25) is 4.79 Å². The highest BCUT2D eigenvalue weighted by Crippen LogP contribution is 2.22. The molecule has 2 heterocycles. The van der Waals surface area contributed by atoms with Crippen molar-refractivity contribution in [2.75, 3.05) is 18.4 Å². The topological polar surface area (TPSA) is 63.2 Å². The number of piperidine rings is 1. The molecule has 1 aliphatic heterocycles. The van der Waals surface area contributed by atoms with Crippen LogP contribution >= 0.6 is 0 Å². The smallest absolute Gasteiger partial charge is 0.227 e. The first-order valence-corrected chi connectivity index (χ1v) is 8.49. The van der Waals surface area contributed by atoms with Crippen LogP contribution in [0, 0.1) is 5.92 Å². The molecule has 1 amide bonds. The van der Waals surface area contributed by atoms with Crippen molar-refractivity contribution < 1.29 is 9.53 Å². The largest absolute Gasteiger partial charge is 0.439 e. The number of pyridine rings is 1. The van der Waals surface area contributed by atoms with Crippen LogP contribution in [-0.4, -0.2) is 24.0 Å². The molecule has 2 N–H and O–H groups in total. The number of rotatable bonds is 5. The van der Waals surface area contributed by atoms with Gasteiger partial charge in [-0.1, -0.05) is 19.1 Å². The molecule has 0 saturated carbocycles. The molecule has 5 nitrogen and oxygen atoms in total. The molecule has 0 aliphatic carbocycles. The van der Waals surface area contributed by atoms with Crippen LogP contribution in [-0.2, 0) is 11.2 Å². The first-order chi connectivity index (χ1) is 11.7. The molecule has 0 spiro atoms. The molecule has 1 aromatic carbocycles. The molecular formula is C19H23N3O2. The number of amides is 1. The normalized spacial score (nSPS) is 15.0. The van der Waals surface area contributed by atoms with Crippen LogP contribution in [0.15, 0.2) is 42.6 Å². The van der Waals surface area contributed by atoms with Crippen molar-refractivity contribution in [1.82, 2.24) is 10.3 Å². The monoisotopic (exact) mass is 325 g/mol. The summed E-state index contributed by atoms with van der Waals surface area (Å²) in [7, 11) is 0. The molecule has 0 radical (unpaired) electrons. The molecule has 1 aliphatic rings. The van der Waals surface area contributed by atoms with Gasteiger partial charge in [0.2, 0.25) is 11.8 Å². The van der Waals surface area contributed by atoms with Gasteiger partial charge in [-0.2, -0.15) is 0 Å². The number of nitrogens with zero attached hydrogens (tertiary/aromatic N) is 1. The Morgan fingerprint density at radius 1 is 1.29 bits per heavy atom. The molecule has 1 fully saturated rings. The molecular weight excluding hydrogens is 302 g/mol. The minimum absolute atomic E-state index is 0.0719. The Balaban J connectivity index is 1.59. The van der Waals surface area contributed by atoms with E-state index in [1.807, 2.05) is 24.3 Å². The fraction of sp³-hybridized carbons (Fsp3) is 0.368. The lowest BCUT2D eigenvalue weighted by Crippen LogP contribution is -2.34. The average molecular weight is 325 g/mol. The Morgan fingerprint density at radius 3 is 2.83 bits per heavy atom. The van der Waals surface area contributed by atoms with Crippen LogP contribution < -0.4 is 15.4 Å². The maximum atomic E-state index is 12.2. The van der Waals surface area contributed by atoms with Crippen molar-refractivity contribution in [3.63, 3.8) is 0 Å². The number of aryl methyl sites for hydroxylation is 1. The number of ether oxygens (including phenoxy) is 1. The summed E-state index contributed by atoms with van der Waals surface area (Å²) in [5, 5.41) is 6.20. The van der Waals surface area contributed by atoms with E-state index in [4.69, 9.17) is 4.74 Å². The van der Waals surface area contributed by atoms with Crippen LogP contribution in [0.2, 0.25) is 0 Å². The zero-order valence-corrected chi connectivity index (χ0v) is 13.9. The van der Waals surface area contributed by atoms with Crippen molar-refractivity contribution in [2.45, 2.75) is 26.2 Å². The van der Waals surface area contributed by atoms with E-state index < -0.39 is 0 Å². The van der Waals surface area contributed by atoms with Gasteiger partial charge < -0.3 is 15.4 Å². The summed E-state index contributed by atoms with van der Waals surface area (Å²) in [5.41, 5.74) is 1.92. The quantitative estimate of drug-likeness (QED) is 0.884. The molecule has 24 heavy (non-hydrogen) atoms.